The van der Waals surface area contributed by atoms with Crippen LogP contribution in [-0.2, 0) is 4.79 Å². The van der Waals surface area contributed by atoms with Crippen molar-refractivity contribution in [2.75, 3.05) is 5.32 Å². The van der Waals surface area contributed by atoms with Crippen molar-refractivity contribution in [3.05, 3.63) is 58.2 Å². The van der Waals surface area contributed by atoms with Crippen LogP contribution in [0.25, 0.3) is 0 Å². The van der Waals surface area contributed by atoms with E-state index < -0.39 is 0 Å². The van der Waals surface area contributed by atoms with Gasteiger partial charge >= 0.3 is 0 Å². The molecule has 2 aromatic rings. The van der Waals surface area contributed by atoms with Crippen LogP contribution in [0.5, 0.6) is 0 Å². The molecule has 1 aliphatic rings. The van der Waals surface area contributed by atoms with Crippen LogP contribution in [0.15, 0.2) is 51.3 Å². The van der Waals surface area contributed by atoms with Gasteiger partial charge in [0.25, 0.3) is 0 Å². The van der Waals surface area contributed by atoms with Crippen LogP contribution in [0.3, 0.4) is 0 Å². The first-order valence-electron chi connectivity index (χ1n) is 6.77. The van der Waals surface area contributed by atoms with Crippen molar-refractivity contribution in [1.82, 2.24) is 4.98 Å². The number of halogens is 1. The van der Waals surface area contributed by atoms with Gasteiger partial charge in [-0.05, 0) is 46.6 Å². The second kappa shape index (κ2) is 5.85. The number of aromatic nitrogens is 1. The Morgan fingerprint density at radius 1 is 1.48 bits per heavy atom. The fourth-order valence-electron chi connectivity index (χ4n) is 2.44. The minimum Gasteiger partial charge on any atom is -0.469 e. The van der Waals surface area contributed by atoms with Crippen molar-refractivity contribution >= 4 is 27.5 Å². The number of furan rings is 1. The molecule has 21 heavy (non-hydrogen) atoms. The van der Waals surface area contributed by atoms with E-state index in [1.54, 1.807) is 12.5 Å². The minimum absolute atomic E-state index is 0.00651. The second-order valence-electron chi connectivity index (χ2n) is 5.20. The Bertz CT molecular complexity index is 692. The Labute approximate surface area is 131 Å². The molecule has 0 radical (unpaired) electrons. The molecule has 1 aliphatic carbocycles. The standard InChI is InChI=1S/C16H15BrN2O2/c1-10-5-14(17)16(18-9-10)19-12-6-11(7-13(20)8-12)15-3-2-4-21-15/h2-6,9,11H,7-8H2,1H3,(H,18,19). The minimum atomic E-state index is -0.00651. The number of rotatable bonds is 3. The molecular formula is C16H15BrN2O2. The molecule has 108 valence electrons. The number of nitrogens with one attached hydrogen (secondary N) is 1. The van der Waals surface area contributed by atoms with E-state index in [9.17, 15) is 4.79 Å². The normalized spacial score (nSPS) is 18.5. The maximum Gasteiger partial charge on any atom is 0.144 e. The molecular weight excluding hydrogens is 332 g/mol. The molecule has 5 heteroatoms. The van der Waals surface area contributed by atoms with Crippen LogP contribution in [-0.4, -0.2) is 10.8 Å². The molecule has 2 heterocycles. The first-order valence-corrected chi connectivity index (χ1v) is 7.56. The quantitative estimate of drug-likeness (QED) is 0.905. The molecule has 0 saturated carbocycles. The summed E-state index contributed by atoms with van der Waals surface area (Å²) in [5.41, 5.74) is 1.94. The van der Waals surface area contributed by atoms with Gasteiger partial charge in [0.2, 0.25) is 0 Å². The summed E-state index contributed by atoms with van der Waals surface area (Å²) in [4.78, 5) is 16.3. The van der Waals surface area contributed by atoms with Gasteiger partial charge in [0.05, 0.1) is 10.7 Å². The van der Waals surface area contributed by atoms with Crippen molar-refractivity contribution in [3.8, 4) is 0 Å². The molecule has 0 amide bonds. The molecule has 0 spiro atoms. The molecule has 1 N–H and O–H groups in total. The van der Waals surface area contributed by atoms with E-state index >= 15 is 0 Å². The third-order valence-corrected chi connectivity index (χ3v) is 4.01. The first kappa shape index (κ1) is 14.1. The average molecular weight is 347 g/mol. The van der Waals surface area contributed by atoms with Crippen molar-refractivity contribution < 1.29 is 9.21 Å². The zero-order chi connectivity index (χ0) is 14.8. The average Bonchev–Trinajstić information content (AvgIpc) is 2.95. The summed E-state index contributed by atoms with van der Waals surface area (Å²) in [7, 11) is 0. The van der Waals surface area contributed by atoms with E-state index in [1.165, 1.54) is 0 Å². The number of hydrogen-bond donors (Lipinski definition) is 1. The maximum atomic E-state index is 12.0. The Kier molecular flexibility index (Phi) is 3.92. The Morgan fingerprint density at radius 3 is 3.05 bits per heavy atom. The van der Waals surface area contributed by atoms with Gasteiger partial charge < -0.3 is 9.73 Å². The predicted octanol–water partition coefficient (Wildman–Crippen LogP) is 4.19. The molecule has 4 nitrogen and oxygen atoms in total. The zero-order valence-corrected chi connectivity index (χ0v) is 13.2. The van der Waals surface area contributed by atoms with Gasteiger partial charge in [-0.15, -0.1) is 0 Å². The molecule has 1 atom stereocenters. The molecule has 1 unspecified atom stereocenters. The zero-order valence-electron chi connectivity index (χ0n) is 11.6. The first-order chi connectivity index (χ1) is 10.1. The van der Waals surface area contributed by atoms with E-state index in [0.29, 0.717) is 12.8 Å². The largest absolute Gasteiger partial charge is 0.469 e. The van der Waals surface area contributed by atoms with Crippen molar-refractivity contribution in [3.63, 3.8) is 0 Å². The van der Waals surface area contributed by atoms with Gasteiger partial charge in [0.15, 0.2) is 0 Å². The van der Waals surface area contributed by atoms with Crippen molar-refractivity contribution in [1.29, 1.82) is 0 Å². The van der Waals surface area contributed by atoms with Gasteiger partial charge in [0.1, 0.15) is 17.4 Å². The topological polar surface area (TPSA) is 55.1 Å². The van der Waals surface area contributed by atoms with E-state index in [0.717, 1.165) is 27.3 Å². The second-order valence-corrected chi connectivity index (χ2v) is 6.06. The highest BCUT2D eigenvalue weighted by Crippen LogP contribution is 2.31. The number of allylic oxidation sites excluding steroid dienone is 2. The van der Waals surface area contributed by atoms with Crippen LogP contribution in [0.1, 0.15) is 30.1 Å². The molecule has 3 rings (SSSR count). The van der Waals surface area contributed by atoms with E-state index in [-0.39, 0.29) is 11.7 Å². The van der Waals surface area contributed by atoms with E-state index in [1.807, 2.05) is 31.2 Å². The third-order valence-electron chi connectivity index (χ3n) is 3.40. The number of pyridine rings is 1. The Hall–Kier alpha value is -1.88. The lowest BCUT2D eigenvalue weighted by Crippen LogP contribution is -2.17. The highest BCUT2D eigenvalue weighted by Gasteiger charge is 2.23. The summed E-state index contributed by atoms with van der Waals surface area (Å²) in [5, 5.41) is 3.24. The highest BCUT2D eigenvalue weighted by atomic mass is 79.9. The lowest BCUT2D eigenvalue weighted by atomic mass is 9.91. The van der Waals surface area contributed by atoms with Gasteiger partial charge in [-0.3, -0.25) is 4.79 Å². The number of ketones is 1. The van der Waals surface area contributed by atoms with Gasteiger partial charge in [-0.1, -0.05) is 6.08 Å². The number of Topliss-reactive ketones (excluding diaryl/α,β-unsaturated/α-hetero) is 1. The van der Waals surface area contributed by atoms with Crippen molar-refractivity contribution in [2.24, 2.45) is 0 Å². The maximum absolute atomic E-state index is 12.0. The molecule has 0 bridgehead atoms. The number of aryl methyl sites for hydroxylation is 1. The Balaban J connectivity index is 1.85. The lowest BCUT2D eigenvalue weighted by Gasteiger charge is -2.20. The van der Waals surface area contributed by atoms with Crippen LogP contribution >= 0.6 is 15.9 Å². The summed E-state index contributed by atoms with van der Waals surface area (Å²) >= 11 is 3.49. The van der Waals surface area contributed by atoms with Gasteiger partial charge in [0, 0.05) is 30.7 Å². The van der Waals surface area contributed by atoms with Crippen LogP contribution < -0.4 is 5.32 Å². The summed E-state index contributed by atoms with van der Waals surface area (Å²) in [6, 6.07) is 5.73. The number of carbonyl (C=O) groups is 1. The van der Waals surface area contributed by atoms with E-state index in [2.05, 4.69) is 26.2 Å². The highest BCUT2D eigenvalue weighted by molar-refractivity contribution is 9.10. The van der Waals surface area contributed by atoms with Gasteiger partial charge in [-0.25, -0.2) is 4.98 Å². The molecule has 2 aromatic heterocycles. The van der Waals surface area contributed by atoms with Gasteiger partial charge in [-0.2, -0.15) is 0 Å². The number of anilines is 1. The smallest absolute Gasteiger partial charge is 0.144 e. The van der Waals surface area contributed by atoms with Crippen LogP contribution in [0.2, 0.25) is 0 Å². The molecule has 0 aliphatic heterocycles. The lowest BCUT2D eigenvalue weighted by molar-refractivity contribution is -0.119. The monoisotopic (exact) mass is 346 g/mol. The SMILES string of the molecule is Cc1cnc(NC2=CC(c3ccco3)CC(=O)C2)c(Br)c1. The van der Waals surface area contributed by atoms with Crippen LogP contribution in [0, 0.1) is 6.92 Å². The summed E-state index contributed by atoms with van der Waals surface area (Å²) in [6.45, 7) is 1.98. The van der Waals surface area contributed by atoms with Crippen molar-refractivity contribution in [2.45, 2.75) is 25.7 Å². The van der Waals surface area contributed by atoms with E-state index in [4.69, 9.17) is 4.42 Å². The summed E-state index contributed by atoms with van der Waals surface area (Å²) in [5.74, 6) is 1.73. The number of nitrogens with zero attached hydrogens (tertiary/aromatic N) is 1. The fourth-order valence-corrected chi connectivity index (χ4v) is 3.00. The summed E-state index contributed by atoms with van der Waals surface area (Å²) < 4.78 is 6.29. The third kappa shape index (κ3) is 3.24. The Morgan fingerprint density at radius 2 is 2.33 bits per heavy atom. The molecule has 0 aromatic carbocycles. The molecule has 0 fully saturated rings. The fraction of sp³-hybridized carbons (Fsp3) is 0.250. The number of carbonyl (C=O) groups excluding carboxylic acids is 1. The van der Waals surface area contributed by atoms with Crippen LogP contribution in [0.4, 0.5) is 5.82 Å². The number of hydrogen-bond acceptors (Lipinski definition) is 4. The molecule has 0 saturated heterocycles. The summed E-state index contributed by atoms with van der Waals surface area (Å²) in [6.07, 6.45) is 6.37. The predicted molar refractivity (Wildman–Crippen MR) is 84.1 cm³/mol.